The molecule has 2 rings (SSSR count). The van der Waals surface area contributed by atoms with Gasteiger partial charge in [0.2, 0.25) is 0 Å². The normalized spacial score (nSPS) is 23.8. The molecule has 0 N–H and O–H groups in total. The second kappa shape index (κ2) is 1.13. The van der Waals surface area contributed by atoms with E-state index in [2.05, 4.69) is 25.2 Å². The summed E-state index contributed by atoms with van der Waals surface area (Å²) in [6.07, 6.45) is 8.37. The largest absolute Gasteiger partial charge is 0.0952 e. The minimum Gasteiger partial charge on any atom is -0.0952 e. The van der Waals surface area contributed by atoms with Crippen molar-refractivity contribution in [1.29, 1.82) is 0 Å². The Morgan fingerprint density at radius 2 is 2.50 bits per heavy atom. The first-order chi connectivity index (χ1) is 3.88. The molecular formula is C8H6. The maximum atomic E-state index is 3.87. The molecule has 0 aromatic heterocycles. The zero-order valence-corrected chi connectivity index (χ0v) is 4.57. The van der Waals surface area contributed by atoms with Gasteiger partial charge in [-0.25, -0.2) is 0 Å². The zero-order chi connectivity index (χ0) is 5.56. The molecule has 0 aromatic rings. The Kier molecular flexibility index (Phi) is 0.587. The molecule has 2 aliphatic rings. The first kappa shape index (κ1) is 4.13. The van der Waals surface area contributed by atoms with Crippen LogP contribution in [-0.2, 0) is 0 Å². The molecule has 0 heteroatoms. The number of hydrogen-bond acceptors (Lipinski definition) is 0. The van der Waals surface area contributed by atoms with Crippen molar-refractivity contribution in [3.05, 3.63) is 41.9 Å². The predicted octanol–water partition coefficient (Wildman–Crippen LogP) is 1.89. The average Bonchev–Trinajstić information content (AvgIpc) is 2.45. The van der Waals surface area contributed by atoms with Gasteiger partial charge in [0.15, 0.2) is 0 Å². The second-order valence-corrected chi connectivity index (χ2v) is 2.12. The van der Waals surface area contributed by atoms with Gasteiger partial charge in [-0.15, -0.1) is 0 Å². The van der Waals surface area contributed by atoms with Gasteiger partial charge in [-0.05, 0) is 23.1 Å². The Morgan fingerprint density at radius 1 is 1.62 bits per heavy atom. The molecule has 2 aliphatic carbocycles. The van der Waals surface area contributed by atoms with Gasteiger partial charge in [0.05, 0.1) is 6.42 Å². The summed E-state index contributed by atoms with van der Waals surface area (Å²) in [4.78, 5) is 0. The van der Waals surface area contributed by atoms with Crippen LogP contribution in [0, 0.1) is 6.42 Å². The van der Waals surface area contributed by atoms with Gasteiger partial charge in [0, 0.05) is 0 Å². The van der Waals surface area contributed by atoms with Crippen molar-refractivity contribution in [3.63, 3.8) is 0 Å². The lowest BCUT2D eigenvalue weighted by Crippen LogP contribution is -1.75. The van der Waals surface area contributed by atoms with E-state index in [0.717, 1.165) is 6.42 Å². The molecule has 0 saturated carbocycles. The Labute approximate surface area is 49.2 Å². The van der Waals surface area contributed by atoms with Gasteiger partial charge >= 0.3 is 0 Å². The fourth-order valence-electron chi connectivity index (χ4n) is 0.928. The molecule has 38 valence electrons. The van der Waals surface area contributed by atoms with Gasteiger partial charge < -0.3 is 0 Å². The van der Waals surface area contributed by atoms with Crippen LogP contribution in [0.1, 0.15) is 6.42 Å². The second-order valence-electron chi connectivity index (χ2n) is 2.12. The van der Waals surface area contributed by atoms with Crippen LogP contribution >= 0.6 is 0 Å². The molecule has 0 atom stereocenters. The maximum absolute atomic E-state index is 3.87. The molecular weight excluding hydrogens is 96.1 g/mol. The minimum atomic E-state index is 1.02. The maximum Gasteiger partial charge on any atom is 0.0511 e. The number of allylic oxidation sites excluding steroid dienone is 5. The Hall–Kier alpha value is -0.780. The van der Waals surface area contributed by atoms with E-state index in [9.17, 15) is 0 Å². The third-order valence-corrected chi connectivity index (χ3v) is 1.47. The third-order valence-electron chi connectivity index (χ3n) is 1.47. The zero-order valence-electron chi connectivity index (χ0n) is 4.57. The van der Waals surface area contributed by atoms with E-state index in [1.165, 1.54) is 16.7 Å². The van der Waals surface area contributed by atoms with Crippen molar-refractivity contribution in [2.24, 2.45) is 0 Å². The molecule has 0 saturated heterocycles. The molecule has 0 bridgehead atoms. The summed E-state index contributed by atoms with van der Waals surface area (Å²) in [5.74, 6) is 0. The Bertz CT molecular complexity index is 204. The minimum absolute atomic E-state index is 1.02. The van der Waals surface area contributed by atoms with Gasteiger partial charge in [-0.2, -0.15) is 0 Å². The summed E-state index contributed by atoms with van der Waals surface area (Å²) in [7, 11) is 0. The summed E-state index contributed by atoms with van der Waals surface area (Å²) < 4.78 is 0. The average molecular weight is 102 g/mol. The lowest BCUT2D eigenvalue weighted by Gasteiger charge is -1.94. The van der Waals surface area contributed by atoms with Crippen molar-refractivity contribution in [1.82, 2.24) is 0 Å². The molecule has 0 spiro atoms. The Morgan fingerprint density at radius 3 is 3.12 bits per heavy atom. The summed E-state index contributed by atoms with van der Waals surface area (Å²) in [5, 5.41) is 0. The van der Waals surface area contributed by atoms with Crippen LogP contribution < -0.4 is 0 Å². The summed E-state index contributed by atoms with van der Waals surface area (Å²) in [5.41, 5.74) is 3.76. The van der Waals surface area contributed by atoms with Gasteiger partial charge in [-0.1, -0.05) is 18.7 Å². The first-order valence-corrected chi connectivity index (χ1v) is 2.74. The standard InChI is InChI=1S/C8H6/c1-6-3-2-4-7-5-8(6)7/h2,4H,1,3H2. The van der Waals surface area contributed by atoms with Crippen LogP contribution in [0.5, 0.6) is 0 Å². The van der Waals surface area contributed by atoms with Crippen molar-refractivity contribution in [2.45, 2.75) is 6.42 Å². The molecule has 0 unspecified atom stereocenters. The van der Waals surface area contributed by atoms with Crippen LogP contribution in [0.3, 0.4) is 0 Å². The lowest BCUT2D eigenvalue weighted by molar-refractivity contribution is 1.27. The fraction of sp³-hybridized carbons (Fsp3) is 0.125. The van der Waals surface area contributed by atoms with E-state index in [0.29, 0.717) is 0 Å². The van der Waals surface area contributed by atoms with E-state index in [-0.39, 0.29) is 0 Å². The predicted molar refractivity (Wildman–Crippen MR) is 33.2 cm³/mol. The third kappa shape index (κ3) is 0.401. The first-order valence-electron chi connectivity index (χ1n) is 2.74. The molecule has 2 radical (unpaired) electrons. The van der Waals surface area contributed by atoms with Crippen LogP contribution in [0.4, 0.5) is 0 Å². The van der Waals surface area contributed by atoms with Crippen LogP contribution in [-0.4, -0.2) is 0 Å². The highest BCUT2D eigenvalue weighted by Gasteiger charge is 2.24. The van der Waals surface area contributed by atoms with Crippen LogP contribution in [0.25, 0.3) is 0 Å². The number of hydrogen-bond donors (Lipinski definition) is 0. The molecule has 0 fully saturated rings. The molecule has 0 aliphatic heterocycles. The Balaban J connectivity index is 2.40. The smallest absolute Gasteiger partial charge is 0.0511 e. The van der Waals surface area contributed by atoms with Crippen molar-refractivity contribution < 1.29 is 0 Å². The van der Waals surface area contributed by atoms with Crippen LogP contribution in [0.15, 0.2) is 35.5 Å². The van der Waals surface area contributed by atoms with Gasteiger partial charge in [0.1, 0.15) is 0 Å². The molecule has 0 amide bonds. The molecule has 0 aromatic carbocycles. The monoisotopic (exact) mass is 102 g/mol. The SMILES string of the molecule is C=C1CC=CC2=C1[C]2. The van der Waals surface area contributed by atoms with Gasteiger partial charge in [-0.3, -0.25) is 0 Å². The fourth-order valence-corrected chi connectivity index (χ4v) is 0.928. The lowest BCUT2D eigenvalue weighted by atomic mass is 10.1. The van der Waals surface area contributed by atoms with Crippen molar-refractivity contribution in [3.8, 4) is 0 Å². The summed E-state index contributed by atoms with van der Waals surface area (Å²) in [6.45, 7) is 3.87. The van der Waals surface area contributed by atoms with Gasteiger partial charge in [0.25, 0.3) is 0 Å². The summed E-state index contributed by atoms with van der Waals surface area (Å²) in [6, 6.07) is 0. The van der Waals surface area contributed by atoms with E-state index < -0.39 is 0 Å². The summed E-state index contributed by atoms with van der Waals surface area (Å²) >= 11 is 0. The molecule has 0 nitrogen and oxygen atoms in total. The van der Waals surface area contributed by atoms with E-state index >= 15 is 0 Å². The van der Waals surface area contributed by atoms with Crippen molar-refractivity contribution >= 4 is 0 Å². The van der Waals surface area contributed by atoms with E-state index in [1.54, 1.807) is 0 Å². The number of rotatable bonds is 0. The topological polar surface area (TPSA) is 0 Å². The van der Waals surface area contributed by atoms with E-state index in [1.807, 2.05) is 0 Å². The molecule has 8 heavy (non-hydrogen) atoms. The van der Waals surface area contributed by atoms with Crippen LogP contribution in [0.2, 0.25) is 0 Å². The van der Waals surface area contributed by atoms with Crippen molar-refractivity contribution in [2.75, 3.05) is 0 Å². The highest BCUT2D eigenvalue weighted by molar-refractivity contribution is 5.68. The van der Waals surface area contributed by atoms with E-state index in [4.69, 9.17) is 0 Å². The molecule has 0 heterocycles. The highest BCUT2D eigenvalue weighted by Crippen LogP contribution is 2.40. The highest BCUT2D eigenvalue weighted by atomic mass is 14.3. The quantitative estimate of drug-likeness (QED) is 0.438.